The molecule has 1 aliphatic rings. The molecule has 0 radical (unpaired) electrons. The summed E-state index contributed by atoms with van der Waals surface area (Å²) in [6.45, 7) is 3.15. The summed E-state index contributed by atoms with van der Waals surface area (Å²) in [5.74, 6) is -3.20. The van der Waals surface area contributed by atoms with Gasteiger partial charge in [-0.25, -0.2) is 28.5 Å². The zero-order valence-corrected chi connectivity index (χ0v) is 22.4. The molecule has 2 atom stereocenters. The first kappa shape index (κ1) is 28.2. The van der Waals surface area contributed by atoms with Gasteiger partial charge in [0.05, 0.1) is 18.0 Å². The van der Waals surface area contributed by atoms with E-state index in [4.69, 9.17) is 10.5 Å². The van der Waals surface area contributed by atoms with Gasteiger partial charge >= 0.3 is 6.03 Å². The van der Waals surface area contributed by atoms with Crippen molar-refractivity contribution < 1.29 is 33.0 Å². The molecule has 218 valence electrons. The smallest absolute Gasteiger partial charge is 0.350 e. The number of pyridine rings is 1. The lowest BCUT2D eigenvalue weighted by Crippen LogP contribution is -2.70. The highest BCUT2D eigenvalue weighted by molar-refractivity contribution is 6.25. The second-order valence-electron chi connectivity index (χ2n) is 9.35. The Kier molecular flexibility index (Phi) is 7.58. The van der Waals surface area contributed by atoms with Crippen LogP contribution in [-0.2, 0) is 9.59 Å². The number of amides is 4. The average molecular weight is 581 g/mol. The Morgan fingerprint density at radius 2 is 1.86 bits per heavy atom. The number of urea groups is 1. The van der Waals surface area contributed by atoms with E-state index in [2.05, 4.69) is 20.5 Å². The monoisotopic (exact) mass is 580 g/mol. The number of rotatable bonds is 9. The largest absolute Gasteiger partial charge is 0.453 e. The van der Waals surface area contributed by atoms with Crippen LogP contribution in [0.15, 0.2) is 54.7 Å². The topological polar surface area (TPSA) is 170 Å². The van der Waals surface area contributed by atoms with Gasteiger partial charge in [0.2, 0.25) is 6.04 Å². The van der Waals surface area contributed by atoms with E-state index in [9.17, 15) is 23.9 Å². The van der Waals surface area contributed by atoms with Gasteiger partial charge < -0.3 is 20.9 Å². The van der Waals surface area contributed by atoms with Gasteiger partial charge in [-0.3, -0.25) is 19.7 Å². The number of nitrogens with one attached hydrogen (secondary N) is 2. The van der Waals surface area contributed by atoms with E-state index in [1.165, 1.54) is 36.5 Å². The highest BCUT2D eigenvalue weighted by atomic mass is 19.1. The second kappa shape index (κ2) is 11.3. The maximum absolute atomic E-state index is 15.5. The molecular formula is C27H26F2N8O5. The van der Waals surface area contributed by atoms with Gasteiger partial charge in [0.1, 0.15) is 17.0 Å². The number of anilines is 3. The fourth-order valence-electron chi connectivity index (χ4n) is 4.54. The number of carbonyl (C=O) groups excluding carboxylic acids is 3. The van der Waals surface area contributed by atoms with Gasteiger partial charge in [0, 0.05) is 30.9 Å². The van der Waals surface area contributed by atoms with Gasteiger partial charge in [0.25, 0.3) is 11.8 Å². The van der Waals surface area contributed by atoms with Gasteiger partial charge in [0.15, 0.2) is 23.0 Å². The zero-order valence-electron chi connectivity index (χ0n) is 22.4. The third-order valence-electron chi connectivity index (χ3n) is 6.50. The predicted octanol–water partition coefficient (Wildman–Crippen LogP) is 2.89. The first-order valence-corrected chi connectivity index (χ1v) is 12.8. The highest BCUT2D eigenvalue weighted by Crippen LogP contribution is 2.36. The van der Waals surface area contributed by atoms with Crippen molar-refractivity contribution in [3.63, 3.8) is 0 Å². The Morgan fingerprint density at radius 3 is 2.50 bits per heavy atom. The number of benzene rings is 2. The van der Waals surface area contributed by atoms with Crippen LogP contribution in [0, 0.1) is 11.6 Å². The molecule has 0 aliphatic carbocycles. The molecule has 15 heteroatoms. The molecule has 1 fully saturated rings. The maximum atomic E-state index is 15.5. The van der Waals surface area contributed by atoms with Crippen molar-refractivity contribution in [3.8, 4) is 11.5 Å². The Labute approximate surface area is 237 Å². The summed E-state index contributed by atoms with van der Waals surface area (Å²) in [4.78, 5) is 44.3. The minimum atomic E-state index is -1.72. The van der Waals surface area contributed by atoms with Crippen molar-refractivity contribution in [2.45, 2.75) is 25.9 Å². The number of hydrogen-bond acceptors (Lipinski definition) is 9. The molecular weight excluding hydrogens is 554 g/mol. The molecule has 42 heavy (non-hydrogen) atoms. The number of halogens is 2. The van der Waals surface area contributed by atoms with Crippen molar-refractivity contribution in [2.24, 2.45) is 5.73 Å². The number of aromatic amines is 1. The van der Waals surface area contributed by atoms with Crippen LogP contribution < -0.4 is 25.7 Å². The summed E-state index contributed by atoms with van der Waals surface area (Å²) in [6, 6.07) is 6.83. The van der Waals surface area contributed by atoms with E-state index in [1.54, 1.807) is 13.8 Å². The number of aliphatic hydroxyl groups excluding tert-OH is 1. The number of aliphatic hydroxyl groups is 1. The van der Waals surface area contributed by atoms with Crippen LogP contribution in [-0.4, -0.2) is 68.4 Å². The van der Waals surface area contributed by atoms with E-state index in [-0.39, 0.29) is 42.1 Å². The van der Waals surface area contributed by atoms with Crippen molar-refractivity contribution in [1.82, 2.24) is 20.2 Å². The molecule has 1 saturated heterocycles. The van der Waals surface area contributed by atoms with Crippen LogP contribution >= 0.6 is 0 Å². The van der Waals surface area contributed by atoms with E-state index in [0.29, 0.717) is 16.9 Å². The highest BCUT2D eigenvalue weighted by Gasteiger charge is 2.48. The normalized spacial score (nSPS) is 16.2. The number of imide groups is 1. The summed E-state index contributed by atoms with van der Waals surface area (Å²) in [6.07, 6.45) is 1.44. The van der Waals surface area contributed by atoms with Gasteiger partial charge in [-0.2, -0.15) is 5.10 Å². The predicted molar refractivity (Wildman–Crippen MR) is 148 cm³/mol. The second-order valence-corrected chi connectivity index (χ2v) is 9.35. The van der Waals surface area contributed by atoms with Crippen LogP contribution in [0.1, 0.15) is 13.8 Å². The summed E-state index contributed by atoms with van der Waals surface area (Å²) in [5, 5.41) is 21.8. The van der Waals surface area contributed by atoms with Crippen molar-refractivity contribution >= 4 is 46.1 Å². The molecule has 4 amide bonds. The van der Waals surface area contributed by atoms with E-state index in [0.717, 1.165) is 33.1 Å². The summed E-state index contributed by atoms with van der Waals surface area (Å²) < 4.78 is 34.9. The van der Waals surface area contributed by atoms with Crippen LogP contribution in [0.2, 0.25) is 0 Å². The molecule has 1 aliphatic heterocycles. The molecule has 0 bridgehead atoms. The maximum Gasteiger partial charge on any atom is 0.350 e. The van der Waals surface area contributed by atoms with Gasteiger partial charge in [-0.1, -0.05) is 0 Å². The third-order valence-corrected chi connectivity index (χ3v) is 6.50. The van der Waals surface area contributed by atoms with Crippen molar-refractivity contribution in [3.05, 3.63) is 66.4 Å². The quantitative estimate of drug-likeness (QED) is 0.217. The lowest BCUT2D eigenvalue weighted by Gasteiger charge is -2.46. The minimum absolute atomic E-state index is 0.0201. The number of nitrogens with zero attached hydrogens (tertiary/aromatic N) is 5. The molecule has 1 unspecified atom stereocenters. The number of hydrogen-bond donors (Lipinski definition) is 4. The number of fused-ring (bicyclic) bond motifs is 1. The van der Waals surface area contributed by atoms with Crippen LogP contribution in [0.25, 0.3) is 11.0 Å². The lowest BCUT2D eigenvalue weighted by atomic mass is 10.1. The summed E-state index contributed by atoms with van der Waals surface area (Å²) in [5.41, 5.74) is 5.98. The van der Waals surface area contributed by atoms with Gasteiger partial charge in [-0.15, -0.1) is 0 Å². The van der Waals surface area contributed by atoms with Crippen molar-refractivity contribution in [2.75, 3.05) is 28.4 Å². The minimum Gasteiger partial charge on any atom is -0.453 e. The van der Waals surface area contributed by atoms with Crippen LogP contribution in [0.3, 0.4) is 0 Å². The Hall–Kier alpha value is -5.31. The molecule has 2 aromatic carbocycles. The van der Waals surface area contributed by atoms with Crippen LogP contribution in [0.5, 0.6) is 11.5 Å². The molecule has 3 heterocycles. The molecule has 5 N–H and O–H groups in total. The third kappa shape index (κ3) is 5.01. The molecule has 0 saturated carbocycles. The fourth-order valence-corrected chi connectivity index (χ4v) is 4.54. The van der Waals surface area contributed by atoms with E-state index in [1.807, 2.05) is 0 Å². The number of hydrazine groups is 1. The van der Waals surface area contributed by atoms with E-state index >= 15 is 4.39 Å². The van der Waals surface area contributed by atoms with Gasteiger partial charge in [-0.05, 0) is 50.2 Å². The number of aromatic nitrogens is 3. The number of nitrogens with two attached hydrogens (primary N) is 1. The Morgan fingerprint density at radius 1 is 1.14 bits per heavy atom. The number of carbonyl (C=O) groups is 3. The Balaban J connectivity index is 1.49. The molecule has 5 rings (SSSR count). The SMILES string of the molecule is CCN1C(=O)N(c2ccc(F)cc2)C(=O)[C@H](C(N)=O)N1c1ccc(Oc2ccnc3[nH]nc(NC(C)CO)c23)c(F)c1. The fraction of sp³-hybridized carbons (Fsp3) is 0.222. The Bertz CT molecular complexity index is 1660. The lowest BCUT2D eigenvalue weighted by molar-refractivity contribution is -0.129. The number of primary amides is 1. The molecule has 2 aromatic heterocycles. The first-order chi connectivity index (χ1) is 20.1. The number of H-pyrrole nitrogens is 1. The van der Waals surface area contributed by atoms with Crippen LogP contribution in [0.4, 0.5) is 30.8 Å². The molecule has 4 aromatic rings. The first-order valence-electron chi connectivity index (χ1n) is 12.8. The van der Waals surface area contributed by atoms with Crippen molar-refractivity contribution in [1.29, 1.82) is 0 Å². The molecule has 0 spiro atoms. The summed E-state index contributed by atoms with van der Waals surface area (Å²) >= 11 is 0. The zero-order chi connectivity index (χ0) is 30.1. The number of ether oxygens (including phenoxy) is 1. The summed E-state index contributed by atoms with van der Waals surface area (Å²) in [7, 11) is 0. The van der Waals surface area contributed by atoms with E-state index < -0.39 is 35.5 Å². The standard InChI is InChI=1S/C27H26F2N8O5/c1-3-35-27(41)36(16-6-4-15(28)5-7-16)26(40)22(23(30)39)37(35)17-8-9-19(18(29)12-17)42-20-10-11-31-24-21(20)25(34-33-24)32-14(2)13-38/h4-12,14,22,38H,3,13H2,1-2H3,(H2,30,39)(H2,31,32,33,34)/t14?,22-/m0/s1. The molecule has 13 nitrogen and oxygen atoms in total. The average Bonchev–Trinajstić information content (AvgIpc) is 3.38.